The zero-order valence-corrected chi connectivity index (χ0v) is 12.0. The summed E-state index contributed by atoms with van der Waals surface area (Å²) in [5, 5.41) is 13.1. The minimum absolute atomic E-state index is 0.0242. The summed E-state index contributed by atoms with van der Waals surface area (Å²) < 4.78 is 40.1. The van der Waals surface area contributed by atoms with Crippen molar-refractivity contribution in [2.75, 3.05) is 0 Å². The molecule has 20 heavy (non-hydrogen) atoms. The average Bonchev–Trinajstić information content (AvgIpc) is 2.64. The second-order valence-corrected chi connectivity index (χ2v) is 4.87. The fraction of sp³-hybridized carbons (Fsp3) is 0.250. The molecule has 2 aromatic heterocycles. The van der Waals surface area contributed by atoms with Crippen molar-refractivity contribution in [1.29, 1.82) is 5.26 Å². The summed E-state index contributed by atoms with van der Waals surface area (Å²) >= 11 is 3.29. The Kier molecular flexibility index (Phi) is 3.56. The van der Waals surface area contributed by atoms with Crippen LogP contribution in [0.25, 0.3) is 5.82 Å². The number of alkyl halides is 3. The van der Waals surface area contributed by atoms with Gasteiger partial charge in [-0.2, -0.15) is 23.5 Å². The van der Waals surface area contributed by atoms with Crippen LogP contribution in [0.2, 0.25) is 0 Å². The molecule has 0 spiro atoms. The molecular weight excluding hydrogens is 337 g/mol. The van der Waals surface area contributed by atoms with Gasteiger partial charge < -0.3 is 0 Å². The Hall–Kier alpha value is -1.88. The number of pyridine rings is 1. The van der Waals surface area contributed by atoms with Gasteiger partial charge in [0, 0.05) is 0 Å². The van der Waals surface area contributed by atoms with Crippen LogP contribution in [0.15, 0.2) is 16.6 Å². The van der Waals surface area contributed by atoms with Crippen molar-refractivity contribution >= 4 is 15.9 Å². The van der Waals surface area contributed by atoms with E-state index in [4.69, 9.17) is 5.26 Å². The molecule has 0 aliphatic carbocycles. The molecule has 0 aromatic carbocycles. The highest BCUT2D eigenvalue weighted by Gasteiger charge is 2.33. The first-order valence-electron chi connectivity index (χ1n) is 5.46. The summed E-state index contributed by atoms with van der Waals surface area (Å²) in [4.78, 5) is 3.53. The number of hydrogen-bond donors (Lipinski definition) is 0. The Morgan fingerprint density at radius 1 is 1.30 bits per heavy atom. The third kappa shape index (κ3) is 2.41. The van der Waals surface area contributed by atoms with E-state index in [2.05, 4.69) is 26.0 Å². The Bertz CT molecular complexity index is 713. The molecule has 2 rings (SSSR count). The van der Waals surface area contributed by atoms with Gasteiger partial charge in [-0.3, -0.25) is 0 Å². The largest absolute Gasteiger partial charge is 0.433 e. The van der Waals surface area contributed by atoms with Gasteiger partial charge in [0.05, 0.1) is 21.4 Å². The summed E-state index contributed by atoms with van der Waals surface area (Å²) in [6.45, 7) is 3.38. The van der Waals surface area contributed by atoms with Crippen LogP contribution in [-0.2, 0) is 6.18 Å². The van der Waals surface area contributed by atoms with E-state index in [1.54, 1.807) is 13.8 Å². The SMILES string of the molecule is Cc1nn(-c2nc(C(F)(F)F)ccc2C#N)c(C)c1Br. The molecule has 0 amide bonds. The Morgan fingerprint density at radius 3 is 2.40 bits per heavy atom. The third-order valence-electron chi connectivity index (χ3n) is 2.69. The zero-order chi connectivity index (χ0) is 15.1. The lowest BCUT2D eigenvalue weighted by Crippen LogP contribution is -2.13. The van der Waals surface area contributed by atoms with Crippen LogP contribution in [0.5, 0.6) is 0 Å². The molecule has 0 saturated carbocycles. The Labute approximate surface area is 121 Å². The first kappa shape index (κ1) is 14.5. The fourth-order valence-corrected chi connectivity index (χ4v) is 1.93. The van der Waals surface area contributed by atoms with Crippen LogP contribution in [0.4, 0.5) is 13.2 Å². The first-order chi connectivity index (χ1) is 9.25. The summed E-state index contributed by atoms with van der Waals surface area (Å²) in [6.07, 6.45) is -4.57. The van der Waals surface area contributed by atoms with Crippen LogP contribution in [0.3, 0.4) is 0 Å². The average molecular weight is 345 g/mol. The van der Waals surface area contributed by atoms with E-state index >= 15 is 0 Å². The lowest BCUT2D eigenvalue weighted by Gasteiger charge is -2.10. The molecule has 0 unspecified atom stereocenters. The first-order valence-corrected chi connectivity index (χ1v) is 6.25. The van der Waals surface area contributed by atoms with Gasteiger partial charge >= 0.3 is 6.18 Å². The van der Waals surface area contributed by atoms with Gasteiger partial charge in [-0.1, -0.05) is 0 Å². The fourth-order valence-electron chi connectivity index (χ4n) is 1.68. The maximum absolute atomic E-state index is 12.7. The lowest BCUT2D eigenvalue weighted by atomic mass is 10.2. The normalized spacial score (nSPS) is 11.4. The molecular formula is C12H8BrF3N4. The van der Waals surface area contributed by atoms with Gasteiger partial charge in [0.15, 0.2) is 5.82 Å². The second kappa shape index (κ2) is 4.90. The van der Waals surface area contributed by atoms with Crippen molar-refractivity contribution in [3.8, 4) is 11.9 Å². The highest BCUT2D eigenvalue weighted by molar-refractivity contribution is 9.10. The van der Waals surface area contributed by atoms with Crippen LogP contribution < -0.4 is 0 Å². The van der Waals surface area contributed by atoms with Crippen LogP contribution >= 0.6 is 15.9 Å². The molecule has 0 bridgehead atoms. The van der Waals surface area contributed by atoms with Crippen molar-refractivity contribution < 1.29 is 13.2 Å². The van der Waals surface area contributed by atoms with E-state index in [1.165, 1.54) is 4.68 Å². The molecule has 0 saturated heterocycles. The van der Waals surface area contributed by atoms with Crippen molar-refractivity contribution in [2.24, 2.45) is 0 Å². The molecule has 104 valence electrons. The molecule has 0 aliphatic heterocycles. The molecule has 0 aliphatic rings. The Morgan fingerprint density at radius 2 is 1.95 bits per heavy atom. The zero-order valence-electron chi connectivity index (χ0n) is 10.5. The molecule has 2 heterocycles. The minimum Gasteiger partial charge on any atom is -0.223 e. The minimum atomic E-state index is -4.57. The van der Waals surface area contributed by atoms with Crippen LogP contribution in [-0.4, -0.2) is 14.8 Å². The third-order valence-corrected chi connectivity index (χ3v) is 3.84. The number of hydrogen-bond acceptors (Lipinski definition) is 3. The number of aromatic nitrogens is 3. The van der Waals surface area contributed by atoms with E-state index in [0.29, 0.717) is 15.9 Å². The van der Waals surface area contributed by atoms with Crippen molar-refractivity contribution in [2.45, 2.75) is 20.0 Å². The number of rotatable bonds is 1. The Balaban J connectivity index is 2.72. The second-order valence-electron chi connectivity index (χ2n) is 4.07. The molecule has 0 atom stereocenters. The monoisotopic (exact) mass is 344 g/mol. The number of nitriles is 1. The van der Waals surface area contributed by atoms with Gasteiger partial charge in [-0.25, -0.2) is 9.67 Å². The van der Waals surface area contributed by atoms with Gasteiger partial charge in [-0.05, 0) is 41.9 Å². The molecule has 0 fully saturated rings. The van der Waals surface area contributed by atoms with Crippen molar-refractivity contribution in [3.05, 3.63) is 39.3 Å². The summed E-state index contributed by atoms with van der Waals surface area (Å²) in [5.41, 5.74) is 0.141. The molecule has 0 N–H and O–H groups in total. The van der Waals surface area contributed by atoms with Gasteiger partial charge in [0.1, 0.15) is 11.8 Å². The van der Waals surface area contributed by atoms with Crippen LogP contribution in [0.1, 0.15) is 22.6 Å². The maximum Gasteiger partial charge on any atom is 0.433 e. The smallest absolute Gasteiger partial charge is 0.223 e. The van der Waals surface area contributed by atoms with Gasteiger partial charge in [0.25, 0.3) is 0 Å². The maximum atomic E-state index is 12.7. The molecule has 4 nitrogen and oxygen atoms in total. The van der Waals surface area contributed by atoms with E-state index < -0.39 is 11.9 Å². The summed E-state index contributed by atoms with van der Waals surface area (Å²) in [7, 11) is 0. The lowest BCUT2D eigenvalue weighted by molar-refractivity contribution is -0.141. The predicted octanol–water partition coefficient (Wildman–Crippen LogP) is 3.54. The van der Waals surface area contributed by atoms with E-state index in [-0.39, 0.29) is 11.4 Å². The molecule has 2 aromatic rings. The summed E-state index contributed by atoms with van der Waals surface area (Å²) in [6, 6.07) is 3.70. The standard InChI is InChI=1S/C12H8BrF3N4/c1-6-10(13)7(2)20(19-6)11-8(5-17)3-4-9(18-11)12(14,15)16/h3-4H,1-2H3. The number of halogens is 4. The van der Waals surface area contributed by atoms with E-state index in [9.17, 15) is 13.2 Å². The molecule has 8 heteroatoms. The quantitative estimate of drug-likeness (QED) is 0.795. The van der Waals surface area contributed by atoms with Gasteiger partial charge in [-0.15, -0.1) is 0 Å². The topological polar surface area (TPSA) is 54.5 Å². The van der Waals surface area contributed by atoms with Gasteiger partial charge in [0.2, 0.25) is 0 Å². The van der Waals surface area contributed by atoms with Crippen LogP contribution in [0, 0.1) is 25.2 Å². The predicted molar refractivity (Wildman–Crippen MR) is 68.3 cm³/mol. The molecule has 0 radical (unpaired) electrons. The van der Waals surface area contributed by atoms with Crippen molar-refractivity contribution in [3.63, 3.8) is 0 Å². The number of aryl methyl sites for hydroxylation is 1. The van der Waals surface area contributed by atoms with E-state index in [1.807, 2.05) is 6.07 Å². The highest BCUT2D eigenvalue weighted by atomic mass is 79.9. The van der Waals surface area contributed by atoms with E-state index in [0.717, 1.165) is 12.1 Å². The number of nitrogens with zero attached hydrogens (tertiary/aromatic N) is 4. The van der Waals surface area contributed by atoms with Crippen molar-refractivity contribution in [1.82, 2.24) is 14.8 Å². The highest BCUT2D eigenvalue weighted by Crippen LogP contribution is 2.30. The summed E-state index contributed by atoms with van der Waals surface area (Å²) in [5.74, 6) is -0.131.